The number of nitrogens with zero attached hydrogens (tertiary/aromatic N) is 2. The van der Waals surface area contributed by atoms with Gasteiger partial charge in [0.2, 0.25) is 5.91 Å². The minimum atomic E-state index is 0.190. The Bertz CT molecular complexity index is 333. The number of carbonyl (C=O) groups excluding carboxylic acids is 1. The maximum atomic E-state index is 11.7. The fourth-order valence-corrected chi connectivity index (χ4v) is 2.12. The van der Waals surface area contributed by atoms with Gasteiger partial charge in [0.05, 0.1) is 5.75 Å². The first-order chi connectivity index (χ1) is 7.67. The summed E-state index contributed by atoms with van der Waals surface area (Å²) in [6.45, 7) is 7.51. The second-order valence-corrected chi connectivity index (χ2v) is 4.54. The minimum absolute atomic E-state index is 0.190. The topological polar surface area (TPSA) is 33.2 Å². The number of rotatable bonds is 5. The van der Waals surface area contributed by atoms with Crippen LogP contribution in [-0.2, 0) is 4.79 Å². The Kier molecular flexibility index (Phi) is 5.32. The molecule has 0 fully saturated rings. The van der Waals surface area contributed by atoms with E-state index in [0.29, 0.717) is 5.75 Å². The van der Waals surface area contributed by atoms with Crippen LogP contribution in [0.4, 0.5) is 0 Å². The molecule has 88 valence electrons. The van der Waals surface area contributed by atoms with Gasteiger partial charge in [0.1, 0.15) is 0 Å². The van der Waals surface area contributed by atoms with Crippen LogP contribution in [0.5, 0.6) is 0 Å². The summed E-state index contributed by atoms with van der Waals surface area (Å²) in [5.41, 5.74) is 0.999. The van der Waals surface area contributed by atoms with Gasteiger partial charge in [0, 0.05) is 29.9 Å². The molecule has 0 bridgehead atoms. The number of hydrogen-bond donors (Lipinski definition) is 0. The van der Waals surface area contributed by atoms with Gasteiger partial charge in [-0.3, -0.25) is 9.78 Å². The zero-order valence-corrected chi connectivity index (χ0v) is 10.9. The molecule has 4 heteroatoms. The fraction of sp³-hybridized carbons (Fsp3) is 0.500. The lowest BCUT2D eigenvalue weighted by atomic mass is 10.4. The Morgan fingerprint density at radius 2 is 2.06 bits per heavy atom. The Hall–Kier alpha value is -1.03. The molecule has 0 atom stereocenters. The SMILES string of the molecule is CCN(CC)C(=O)CSc1ccc(C)nc1. The molecule has 0 aliphatic heterocycles. The lowest BCUT2D eigenvalue weighted by Crippen LogP contribution is -2.31. The van der Waals surface area contributed by atoms with Crippen molar-refractivity contribution in [3.63, 3.8) is 0 Å². The molecular formula is C12H18N2OS. The van der Waals surface area contributed by atoms with E-state index in [0.717, 1.165) is 23.7 Å². The van der Waals surface area contributed by atoms with Crippen molar-refractivity contribution in [1.82, 2.24) is 9.88 Å². The van der Waals surface area contributed by atoms with Crippen LogP contribution in [-0.4, -0.2) is 34.6 Å². The first kappa shape index (κ1) is 13.0. The summed E-state index contributed by atoms with van der Waals surface area (Å²) >= 11 is 1.54. The number of pyridine rings is 1. The standard InChI is InChI=1S/C12H18N2OS/c1-4-14(5-2)12(15)9-16-11-7-6-10(3)13-8-11/h6-8H,4-5,9H2,1-3H3. The molecule has 0 saturated heterocycles. The predicted molar refractivity (Wildman–Crippen MR) is 67.6 cm³/mol. The third-order valence-electron chi connectivity index (χ3n) is 2.36. The highest BCUT2D eigenvalue weighted by Gasteiger charge is 2.09. The predicted octanol–water partition coefficient (Wildman–Crippen LogP) is 2.35. The van der Waals surface area contributed by atoms with Crippen LogP contribution in [0, 0.1) is 6.92 Å². The monoisotopic (exact) mass is 238 g/mol. The van der Waals surface area contributed by atoms with E-state index in [9.17, 15) is 4.79 Å². The first-order valence-corrected chi connectivity index (χ1v) is 6.49. The molecular weight excluding hydrogens is 220 g/mol. The zero-order valence-electron chi connectivity index (χ0n) is 10.1. The van der Waals surface area contributed by atoms with Gasteiger partial charge in [-0.2, -0.15) is 0 Å². The number of thioether (sulfide) groups is 1. The smallest absolute Gasteiger partial charge is 0.232 e. The highest BCUT2D eigenvalue weighted by atomic mass is 32.2. The fourth-order valence-electron chi connectivity index (χ4n) is 1.35. The quantitative estimate of drug-likeness (QED) is 0.738. The normalized spacial score (nSPS) is 10.2. The minimum Gasteiger partial charge on any atom is -0.343 e. The van der Waals surface area contributed by atoms with Crippen LogP contribution in [0.3, 0.4) is 0 Å². The van der Waals surface area contributed by atoms with E-state index < -0.39 is 0 Å². The lowest BCUT2D eigenvalue weighted by Gasteiger charge is -2.18. The summed E-state index contributed by atoms with van der Waals surface area (Å²) in [6.07, 6.45) is 1.81. The molecule has 1 aromatic rings. The van der Waals surface area contributed by atoms with E-state index in [1.54, 1.807) is 11.8 Å². The number of aromatic nitrogens is 1. The molecule has 0 N–H and O–H groups in total. The number of amides is 1. The molecule has 16 heavy (non-hydrogen) atoms. The average molecular weight is 238 g/mol. The van der Waals surface area contributed by atoms with Gasteiger partial charge in [0.25, 0.3) is 0 Å². The summed E-state index contributed by atoms with van der Waals surface area (Å²) in [5, 5.41) is 0. The number of hydrogen-bond acceptors (Lipinski definition) is 3. The maximum absolute atomic E-state index is 11.7. The van der Waals surface area contributed by atoms with Gasteiger partial charge in [-0.1, -0.05) is 0 Å². The molecule has 0 aliphatic rings. The maximum Gasteiger partial charge on any atom is 0.232 e. The first-order valence-electron chi connectivity index (χ1n) is 5.50. The third kappa shape index (κ3) is 3.85. The van der Waals surface area contributed by atoms with E-state index in [1.165, 1.54) is 0 Å². The van der Waals surface area contributed by atoms with Crippen LogP contribution < -0.4 is 0 Å². The van der Waals surface area contributed by atoms with Crippen molar-refractivity contribution in [1.29, 1.82) is 0 Å². The van der Waals surface area contributed by atoms with Gasteiger partial charge >= 0.3 is 0 Å². The Labute approximate surface area is 101 Å². The molecule has 1 heterocycles. The van der Waals surface area contributed by atoms with Crippen molar-refractivity contribution in [3.8, 4) is 0 Å². The average Bonchev–Trinajstić information content (AvgIpc) is 2.30. The second kappa shape index (κ2) is 6.53. The highest BCUT2D eigenvalue weighted by Crippen LogP contribution is 2.17. The molecule has 1 aromatic heterocycles. The van der Waals surface area contributed by atoms with Gasteiger partial charge in [-0.15, -0.1) is 11.8 Å². The van der Waals surface area contributed by atoms with E-state index in [2.05, 4.69) is 4.98 Å². The molecule has 1 amide bonds. The molecule has 0 unspecified atom stereocenters. The van der Waals surface area contributed by atoms with Gasteiger partial charge in [0.15, 0.2) is 0 Å². The summed E-state index contributed by atoms with van der Waals surface area (Å²) in [4.78, 5) is 18.8. The summed E-state index contributed by atoms with van der Waals surface area (Å²) < 4.78 is 0. The van der Waals surface area contributed by atoms with Gasteiger partial charge in [-0.25, -0.2) is 0 Å². The summed E-state index contributed by atoms with van der Waals surface area (Å²) in [6, 6.07) is 3.97. The zero-order chi connectivity index (χ0) is 12.0. The largest absolute Gasteiger partial charge is 0.343 e. The second-order valence-electron chi connectivity index (χ2n) is 3.49. The molecule has 0 aromatic carbocycles. The third-order valence-corrected chi connectivity index (χ3v) is 3.33. The van der Waals surface area contributed by atoms with E-state index >= 15 is 0 Å². The van der Waals surface area contributed by atoms with E-state index in [4.69, 9.17) is 0 Å². The summed E-state index contributed by atoms with van der Waals surface area (Å²) in [5.74, 6) is 0.683. The van der Waals surface area contributed by atoms with Crippen LogP contribution in [0.2, 0.25) is 0 Å². The Morgan fingerprint density at radius 3 is 2.56 bits per heavy atom. The van der Waals surface area contributed by atoms with Crippen molar-refractivity contribution in [2.24, 2.45) is 0 Å². The van der Waals surface area contributed by atoms with Crippen molar-refractivity contribution in [2.45, 2.75) is 25.7 Å². The Balaban J connectivity index is 2.45. The molecule has 3 nitrogen and oxygen atoms in total. The number of carbonyl (C=O) groups is 1. The number of aryl methyl sites for hydroxylation is 1. The van der Waals surface area contributed by atoms with Crippen molar-refractivity contribution < 1.29 is 4.79 Å². The van der Waals surface area contributed by atoms with Crippen LogP contribution in [0.1, 0.15) is 19.5 Å². The van der Waals surface area contributed by atoms with Gasteiger partial charge in [-0.05, 0) is 32.9 Å². The molecule has 0 spiro atoms. The molecule has 1 rings (SSSR count). The van der Waals surface area contributed by atoms with Crippen molar-refractivity contribution in [2.75, 3.05) is 18.8 Å². The van der Waals surface area contributed by atoms with Crippen molar-refractivity contribution in [3.05, 3.63) is 24.0 Å². The molecule has 0 radical (unpaired) electrons. The highest BCUT2D eigenvalue weighted by molar-refractivity contribution is 8.00. The lowest BCUT2D eigenvalue weighted by molar-refractivity contribution is -0.127. The van der Waals surface area contributed by atoms with E-state index in [-0.39, 0.29) is 5.91 Å². The van der Waals surface area contributed by atoms with Crippen molar-refractivity contribution >= 4 is 17.7 Å². The Morgan fingerprint density at radius 1 is 1.38 bits per heavy atom. The van der Waals surface area contributed by atoms with Gasteiger partial charge < -0.3 is 4.90 Å². The van der Waals surface area contributed by atoms with Crippen LogP contribution >= 0.6 is 11.8 Å². The molecule has 0 saturated carbocycles. The summed E-state index contributed by atoms with van der Waals surface area (Å²) in [7, 11) is 0. The molecule has 0 aliphatic carbocycles. The van der Waals surface area contributed by atoms with E-state index in [1.807, 2.05) is 44.0 Å². The van der Waals surface area contributed by atoms with Crippen LogP contribution in [0.15, 0.2) is 23.2 Å². The van der Waals surface area contributed by atoms with Crippen LogP contribution in [0.25, 0.3) is 0 Å².